The number of rotatable bonds is 9. The number of hydrogen-bond acceptors (Lipinski definition) is 4. The highest BCUT2D eigenvalue weighted by atomic mass is 16.5. The monoisotopic (exact) mass is 389 g/mol. The summed E-state index contributed by atoms with van der Waals surface area (Å²) in [6.45, 7) is 6.34. The molecule has 1 fully saturated rings. The molecule has 156 valence electrons. The van der Waals surface area contributed by atoms with Crippen molar-refractivity contribution >= 4 is 17.6 Å². The molecule has 1 aliphatic rings. The number of guanidine groups is 1. The van der Waals surface area contributed by atoms with Gasteiger partial charge in [0.25, 0.3) is 0 Å². The van der Waals surface area contributed by atoms with Crippen LogP contribution in [0.1, 0.15) is 26.2 Å². The smallest absolute Gasteiger partial charge is 0.243 e. The Bertz CT molecular complexity index is 606. The third-order valence-corrected chi connectivity index (χ3v) is 4.72. The lowest BCUT2D eigenvalue weighted by Gasteiger charge is -2.35. The highest BCUT2D eigenvalue weighted by Crippen LogP contribution is 2.19. The van der Waals surface area contributed by atoms with Gasteiger partial charge in [0.05, 0.1) is 0 Å². The number of para-hydroxylation sites is 1. The van der Waals surface area contributed by atoms with Crippen LogP contribution in [0.5, 0.6) is 0 Å². The molecule has 1 saturated heterocycles. The van der Waals surface area contributed by atoms with Gasteiger partial charge in [0, 0.05) is 58.7 Å². The minimum absolute atomic E-state index is 0.00928. The number of likely N-dealkylation sites (N-methyl/N-ethyl adjacent to an activating group) is 1. The Hall–Kier alpha value is -2.28. The van der Waals surface area contributed by atoms with Gasteiger partial charge < -0.3 is 25.2 Å². The van der Waals surface area contributed by atoms with Crippen LogP contribution in [0.15, 0.2) is 35.3 Å². The van der Waals surface area contributed by atoms with Crippen molar-refractivity contribution < 1.29 is 9.53 Å². The number of nitrogens with zero attached hydrogens (tertiary/aromatic N) is 3. The van der Waals surface area contributed by atoms with Crippen LogP contribution in [0.3, 0.4) is 0 Å². The number of amides is 1. The van der Waals surface area contributed by atoms with E-state index in [1.54, 1.807) is 19.0 Å². The van der Waals surface area contributed by atoms with Crippen molar-refractivity contribution in [2.45, 2.75) is 32.2 Å². The molecule has 7 nitrogen and oxygen atoms in total. The fourth-order valence-electron chi connectivity index (χ4n) is 3.13. The van der Waals surface area contributed by atoms with Crippen LogP contribution >= 0.6 is 0 Å². The summed E-state index contributed by atoms with van der Waals surface area (Å²) < 4.78 is 5.39. The molecule has 1 aliphatic heterocycles. The van der Waals surface area contributed by atoms with Crippen LogP contribution in [-0.4, -0.2) is 76.3 Å². The highest BCUT2D eigenvalue weighted by Gasteiger charge is 2.21. The number of aliphatic imine (C=N–C) groups is 1. The second-order valence-corrected chi connectivity index (χ2v) is 7.20. The second kappa shape index (κ2) is 12.2. The van der Waals surface area contributed by atoms with E-state index in [-0.39, 0.29) is 12.5 Å². The highest BCUT2D eigenvalue weighted by molar-refractivity contribution is 5.85. The van der Waals surface area contributed by atoms with Crippen molar-refractivity contribution in [3.63, 3.8) is 0 Å². The van der Waals surface area contributed by atoms with E-state index in [2.05, 4.69) is 44.8 Å². The van der Waals surface area contributed by atoms with Crippen LogP contribution in [0.2, 0.25) is 0 Å². The number of nitrogens with one attached hydrogen (secondary N) is 2. The fraction of sp³-hybridized carbons (Fsp3) is 0.619. The largest absolute Gasteiger partial charge is 0.382 e. The average molecular weight is 390 g/mol. The van der Waals surface area contributed by atoms with Gasteiger partial charge in [0.1, 0.15) is 6.54 Å². The van der Waals surface area contributed by atoms with E-state index < -0.39 is 0 Å². The van der Waals surface area contributed by atoms with Gasteiger partial charge in [-0.3, -0.25) is 4.79 Å². The maximum absolute atomic E-state index is 11.9. The van der Waals surface area contributed by atoms with Gasteiger partial charge in [-0.25, -0.2) is 4.99 Å². The Morgan fingerprint density at radius 2 is 2.11 bits per heavy atom. The first-order valence-corrected chi connectivity index (χ1v) is 10.2. The average Bonchev–Trinajstić information content (AvgIpc) is 2.72. The molecule has 0 saturated carbocycles. The summed E-state index contributed by atoms with van der Waals surface area (Å²) in [6, 6.07) is 10.8. The molecule has 1 heterocycles. The van der Waals surface area contributed by atoms with Crippen LogP contribution < -0.4 is 15.5 Å². The molecule has 0 radical (unpaired) electrons. The van der Waals surface area contributed by atoms with Crippen molar-refractivity contribution in [3.8, 4) is 0 Å². The molecule has 0 spiro atoms. The summed E-state index contributed by atoms with van der Waals surface area (Å²) in [6.07, 6.45) is 3.11. The number of anilines is 1. The zero-order chi connectivity index (χ0) is 20.2. The standard InChI is InChI=1S/C21H35N5O2/c1-4-28-15-9-13-22-21(23-16-20(27)25(2)3)24-18-10-8-14-26(17-18)19-11-6-5-7-12-19/h5-7,11-12,18H,4,8-10,13-17H2,1-3H3,(H2,22,23,24). The third kappa shape index (κ3) is 7.76. The van der Waals surface area contributed by atoms with Gasteiger partial charge in [-0.2, -0.15) is 0 Å². The SMILES string of the molecule is CCOCCCNC(=NCC(=O)N(C)C)NC1CCCN(c2ccccc2)C1. The first-order chi connectivity index (χ1) is 13.6. The number of carbonyl (C=O) groups excluding carboxylic acids is 1. The topological polar surface area (TPSA) is 69.2 Å². The lowest BCUT2D eigenvalue weighted by molar-refractivity contribution is -0.127. The second-order valence-electron chi connectivity index (χ2n) is 7.20. The summed E-state index contributed by atoms with van der Waals surface area (Å²) in [5.74, 6) is 0.691. The summed E-state index contributed by atoms with van der Waals surface area (Å²) >= 11 is 0. The first kappa shape index (κ1) is 22.0. The lowest BCUT2D eigenvalue weighted by atomic mass is 10.1. The van der Waals surface area contributed by atoms with Crippen molar-refractivity contribution in [1.82, 2.24) is 15.5 Å². The number of carbonyl (C=O) groups is 1. The predicted octanol–water partition coefficient (Wildman–Crippen LogP) is 1.71. The zero-order valence-electron chi connectivity index (χ0n) is 17.5. The van der Waals surface area contributed by atoms with Gasteiger partial charge in [0.15, 0.2) is 5.96 Å². The summed E-state index contributed by atoms with van der Waals surface area (Å²) in [5.41, 5.74) is 1.25. The van der Waals surface area contributed by atoms with Gasteiger partial charge in [-0.1, -0.05) is 18.2 Å². The molecule has 2 rings (SSSR count). The van der Waals surface area contributed by atoms with E-state index >= 15 is 0 Å². The minimum Gasteiger partial charge on any atom is -0.382 e. The van der Waals surface area contributed by atoms with E-state index in [1.807, 2.05) is 13.0 Å². The Labute approximate surface area is 169 Å². The molecule has 1 amide bonds. The van der Waals surface area contributed by atoms with Gasteiger partial charge in [-0.15, -0.1) is 0 Å². The number of ether oxygens (including phenoxy) is 1. The van der Waals surface area contributed by atoms with Crippen molar-refractivity contribution in [2.75, 3.05) is 58.4 Å². The van der Waals surface area contributed by atoms with E-state index in [1.165, 1.54) is 5.69 Å². The number of benzene rings is 1. The Kier molecular flexibility index (Phi) is 9.62. The Morgan fingerprint density at radius 3 is 2.82 bits per heavy atom. The van der Waals surface area contributed by atoms with Crippen LogP contribution in [0.25, 0.3) is 0 Å². The quantitative estimate of drug-likeness (QED) is 0.382. The van der Waals surface area contributed by atoms with Gasteiger partial charge in [-0.05, 0) is 38.3 Å². The molecule has 0 aliphatic carbocycles. The maximum atomic E-state index is 11.9. The van der Waals surface area contributed by atoms with Crippen molar-refractivity contribution in [3.05, 3.63) is 30.3 Å². The molecule has 1 unspecified atom stereocenters. The third-order valence-electron chi connectivity index (χ3n) is 4.72. The molecule has 7 heteroatoms. The fourth-order valence-corrected chi connectivity index (χ4v) is 3.13. The first-order valence-electron chi connectivity index (χ1n) is 10.2. The lowest BCUT2D eigenvalue weighted by Crippen LogP contribution is -2.51. The molecule has 0 bridgehead atoms. The number of hydrogen-bond donors (Lipinski definition) is 2. The molecule has 0 aromatic heterocycles. The molecule has 1 aromatic carbocycles. The zero-order valence-corrected chi connectivity index (χ0v) is 17.5. The predicted molar refractivity (Wildman–Crippen MR) is 115 cm³/mol. The van der Waals surface area contributed by atoms with Crippen LogP contribution in [0, 0.1) is 0 Å². The number of piperidine rings is 1. The van der Waals surface area contributed by atoms with Crippen LogP contribution in [-0.2, 0) is 9.53 Å². The molecule has 2 N–H and O–H groups in total. The van der Waals surface area contributed by atoms with Gasteiger partial charge >= 0.3 is 0 Å². The van der Waals surface area contributed by atoms with E-state index in [0.29, 0.717) is 12.0 Å². The molecule has 1 aromatic rings. The Morgan fingerprint density at radius 1 is 1.32 bits per heavy atom. The minimum atomic E-state index is -0.00928. The normalized spacial score (nSPS) is 17.3. The maximum Gasteiger partial charge on any atom is 0.243 e. The summed E-state index contributed by atoms with van der Waals surface area (Å²) in [4.78, 5) is 20.4. The van der Waals surface area contributed by atoms with Gasteiger partial charge in [0.2, 0.25) is 5.91 Å². The summed E-state index contributed by atoms with van der Waals surface area (Å²) in [5, 5.41) is 6.87. The van der Waals surface area contributed by atoms with Crippen LogP contribution in [0.4, 0.5) is 5.69 Å². The molecular weight excluding hydrogens is 354 g/mol. The molecule has 1 atom stereocenters. The van der Waals surface area contributed by atoms with E-state index in [0.717, 1.165) is 52.1 Å². The van der Waals surface area contributed by atoms with E-state index in [9.17, 15) is 4.79 Å². The van der Waals surface area contributed by atoms with E-state index in [4.69, 9.17) is 4.74 Å². The molecular formula is C21H35N5O2. The van der Waals surface area contributed by atoms with Crippen molar-refractivity contribution in [2.24, 2.45) is 4.99 Å². The van der Waals surface area contributed by atoms with Crippen molar-refractivity contribution in [1.29, 1.82) is 0 Å². The summed E-state index contributed by atoms with van der Waals surface area (Å²) in [7, 11) is 3.50. The molecule has 28 heavy (non-hydrogen) atoms. The Balaban J connectivity index is 1.93.